The fraction of sp³-hybridized carbons (Fsp3) is 0.286. The molecule has 3 aromatic heterocycles. The third-order valence-electron chi connectivity index (χ3n) is 5.73. The monoisotopic (exact) mass is 528 g/mol. The Morgan fingerprint density at radius 3 is 2.94 bits per heavy atom. The first-order valence-electron chi connectivity index (χ1n) is 10.6. The standard InChI is InChI=1S/C21H20N8O5S2/c1-10-3-4-28-13(5-10)27(9-23-28)6-11-7-35-19-15(18(31)29(19)16(11)20(32)33)25-17(30)14(26-34-2)12-8-36-21(22)24-12/h3-5,8-9,15,19H,6-7H2,1-2H3,(H3-,22,24,25,30,32,33)/b26-14+. The molecule has 0 bridgehead atoms. The summed E-state index contributed by atoms with van der Waals surface area (Å²) in [6.45, 7) is 2.16. The number of rotatable bonds is 7. The molecule has 0 aliphatic carbocycles. The maximum absolute atomic E-state index is 13.0. The molecule has 5 rings (SSSR count). The van der Waals surface area contributed by atoms with Crippen molar-refractivity contribution in [3.63, 3.8) is 0 Å². The highest BCUT2D eigenvalue weighted by Crippen LogP contribution is 2.40. The average molecular weight is 529 g/mol. The quantitative estimate of drug-likeness (QED) is 0.159. The van der Waals surface area contributed by atoms with Crippen LogP contribution < -0.4 is 20.7 Å². The zero-order valence-electron chi connectivity index (χ0n) is 19.1. The van der Waals surface area contributed by atoms with Gasteiger partial charge in [0.1, 0.15) is 30.4 Å². The van der Waals surface area contributed by atoms with Gasteiger partial charge in [0, 0.05) is 22.3 Å². The molecule has 186 valence electrons. The van der Waals surface area contributed by atoms with Crippen LogP contribution in [0.2, 0.25) is 0 Å². The number of aryl methyl sites for hydroxylation is 1. The van der Waals surface area contributed by atoms with E-state index in [1.807, 2.05) is 29.8 Å². The number of thiazole rings is 1. The number of amides is 2. The molecule has 2 aliphatic rings. The molecule has 0 spiro atoms. The van der Waals surface area contributed by atoms with Gasteiger partial charge in [0.2, 0.25) is 0 Å². The van der Waals surface area contributed by atoms with E-state index < -0.39 is 29.2 Å². The summed E-state index contributed by atoms with van der Waals surface area (Å²) in [4.78, 5) is 48.0. The van der Waals surface area contributed by atoms with Gasteiger partial charge in [0.25, 0.3) is 23.8 Å². The van der Waals surface area contributed by atoms with E-state index in [0.29, 0.717) is 11.3 Å². The van der Waals surface area contributed by atoms with Crippen LogP contribution in [0, 0.1) is 6.92 Å². The van der Waals surface area contributed by atoms with E-state index in [9.17, 15) is 19.5 Å². The SMILES string of the molecule is CO/N=C(/C(=O)NC1C(=O)N2C(C(=O)[O-])=C(C[n+]3cnn4ccc(C)cc43)CSC12)c1csc(N)n1. The largest absolute Gasteiger partial charge is 0.543 e. The number of carbonyl (C=O) groups excluding carboxylic acids is 3. The van der Waals surface area contributed by atoms with Crippen LogP contribution in [0.25, 0.3) is 5.65 Å². The lowest BCUT2D eigenvalue weighted by Gasteiger charge is -2.50. The fourth-order valence-electron chi connectivity index (χ4n) is 4.09. The van der Waals surface area contributed by atoms with E-state index in [2.05, 4.69) is 20.6 Å². The maximum atomic E-state index is 13.0. The van der Waals surface area contributed by atoms with Gasteiger partial charge in [-0.15, -0.1) is 23.1 Å². The topological polar surface area (TPSA) is 171 Å². The summed E-state index contributed by atoms with van der Waals surface area (Å²) >= 11 is 2.47. The van der Waals surface area contributed by atoms with E-state index in [-0.39, 0.29) is 28.8 Å². The molecule has 13 nitrogen and oxygen atoms in total. The van der Waals surface area contributed by atoms with Gasteiger partial charge in [-0.05, 0) is 24.1 Å². The molecular formula is C21H20N8O5S2. The number of hydrogen-bond donors (Lipinski definition) is 2. The Labute approximate surface area is 212 Å². The van der Waals surface area contributed by atoms with Crippen molar-refractivity contribution in [1.82, 2.24) is 24.8 Å². The average Bonchev–Trinajstić information content (AvgIpc) is 3.46. The van der Waals surface area contributed by atoms with E-state index in [1.165, 1.54) is 18.9 Å². The van der Waals surface area contributed by atoms with Gasteiger partial charge in [-0.3, -0.25) is 14.5 Å². The second-order valence-electron chi connectivity index (χ2n) is 8.06. The van der Waals surface area contributed by atoms with E-state index >= 15 is 0 Å². The van der Waals surface area contributed by atoms with Gasteiger partial charge < -0.3 is 25.8 Å². The Morgan fingerprint density at radius 2 is 2.25 bits per heavy atom. The van der Waals surface area contributed by atoms with Crippen molar-refractivity contribution < 1.29 is 28.9 Å². The van der Waals surface area contributed by atoms with Gasteiger partial charge >= 0.3 is 0 Å². The molecule has 36 heavy (non-hydrogen) atoms. The minimum atomic E-state index is -1.46. The van der Waals surface area contributed by atoms with Crippen molar-refractivity contribution in [1.29, 1.82) is 0 Å². The van der Waals surface area contributed by atoms with Gasteiger partial charge in [0.05, 0.1) is 18.2 Å². The summed E-state index contributed by atoms with van der Waals surface area (Å²) in [5, 5.41) is 23.9. The highest BCUT2D eigenvalue weighted by atomic mass is 32.2. The van der Waals surface area contributed by atoms with Crippen molar-refractivity contribution in [2.45, 2.75) is 24.9 Å². The lowest BCUT2D eigenvalue weighted by atomic mass is 10.0. The number of aliphatic carboxylic acids is 1. The first-order chi connectivity index (χ1) is 17.3. The molecule has 2 aliphatic heterocycles. The Morgan fingerprint density at radius 1 is 1.44 bits per heavy atom. The second-order valence-corrected chi connectivity index (χ2v) is 10.1. The third kappa shape index (κ3) is 4.05. The molecule has 0 aromatic carbocycles. The van der Waals surface area contributed by atoms with Crippen LogP contribution in [-0.2, 0) is 25.8 Å². The summed E-state index contributed by atoms with van der Waals surface area (Å²) < 4.78 is 3.49. The Bertz CT molecular complexity index is 1460. The molecule has 15 heteroatoms. The summed E-state index contributed by atoms with van der Waals surface area (Å²) in [5.74, 6) is -2.39. The van der Waals surface area contributed by atoms with E-state index in [4.69, 9.17) is 10.6 Å². The molecule has 2 atom stereocenters. The van der Waals surface area contributed by atoms with Crippen LogP contribution in [0.5, 0.6) is 0 Å². The smallest absolute Gasteiger partial charge is 0.276 e. The number of carboxylic acid groups (broad SMARTS) is 1. The molecule has 2 unspecified atom stereocenters. The molecule has 2 amide bonds. The number of nitrogens with two attached hydrogens (primary N) is 1. The zero-order chi connectivity index (χ0) is 25.6. The first-order valence-corrected chi connectivity index (χ1v) is 12.6. The van der Waals surface area contributed by atoms with Crippen LogP contribution in [-0.4, -0.2) is 67.3 Å². The lowest BCUT2D eigenvalue weighted by Crippen LogP contribution is -2.71. The number of nitrogen functional groups attached to an aromatic ring is 1. The summed E-state index contributed by atoms with van der Waals surface area (Å²) in [6, 6.07) is 2.89. The number of carboxylic acids is 1. The molecule has 1 fully saturated rings. The molecule has 0 radical (unpaired) electrons. The number of aromatic nitrogens is 4. The number of β-lactam (4-membered cyclic amide) rings is 1. The number of nitrogens with one attached hydrogen (secondary N) is 1. The molecular weight excluding hydrogens is 508 g/mol. The number of anilines is 1. The maximum Gasteiger partial charge on any atom is 0.276 e. The number of oxime groups is 1. The Hall–Kier alpha value is -3.98. The van der Waals surface area contributed by atoms with Crippen LogP contribution in [0.15, 0.2) is 46.5 Å². The number of nitrogens with zero attached hydrogens (tertiary/aromatic N) is 6. The van der Waals surface area contributed by atoms with Crippen molar-refractivity contribution in [2.75, 3.05) is 18.6 Å². The minimum absolute atomic E-state index is 0.145. The van der Waals surface area contributed by atoms with Crippen molar-refractivity contribution in [3.05, 3.63) is 52.6 Å². The van der Waals surface area contributed by atoms with Crippen molar-refractivity contribution >= 4 is 57.4 Å². The van der Waals surface area contributed by atoms with E-state index in [0.717, 1.165) is 27.4 Å². The summed E-state index contributed by atoms with van der Waals surface area (Å²) in [7, 11) is 1.28. The number of thioether (sulfide) groups is 1. The normalized spacial score (nSPS) is 19.8. The minimum Gasteiger partial charge on any atom is -0.543 e. The third-order valence-corrected chi connectivity index (χ3v) is 7.74. The van der Waals surface area contributed by atoms with Crippen LogP contribution in [0.4, 0.5) is 5.13 Å². The highest BCUT2D eigenvalue weighted by Gasteiger charge is 2.53. The molecule has 5 heterocycles. The lowest BCUT2D eigenvalue weighted by molar-refractivity contribution is -0.664. The van der Waals surface area contributed by atoms with Crippen LogP contribution >= 0.6 is 23.1 Å². The van der Waals surface area contributed by atoms with Gasteiger partial charge in [0.15, 0.2) is 10.8 Å². The number of pyridine rings is 1. The van der Waals surface area contributed by atoms with Crippen LogP contribution in [0.1, 0.15) is 11.3 Å². The summed E-state index contributed by atoms with van der Waals surface area (Å²) in [5.41, 5.74) is 7.83. The highest BCUT2D eigenvalue weighted by molar-refractivity contribution is 8.00. The molecule has 0 saturated carbocycles. The fourth-order valence-corrected chi connectivity index (χ4v) is 5.98. The molecule has 1 saturated heterocycles. The van der Waals surface area contributed by atoms with E-state index in [1.54, 1.807) is 16.2 Å². The number of carbonyl (C=O) groups is 3. The zero-order valence-corrected chi connectivity index (χ0v) is 20.7. The Kier molecular flexibility index (Phi) is 6.09. The second kappa shape index (κ2) is 9.23. The molecule has 3 N–H and O–H groups in total. The molecule has 3 aromatic rings. The van der Waals surface area contributed by atoms with Crippen molar-refractivity contribution in [3.8, 4) is 0 Å². The number of hydrogen-bond acceptors (Lipinski definition) is 11. The predicted molar refractivity (Wildman–Crippen MR) is 127 cm³/mol. The van der Waals surface area contributed by atoms with Gasteiger partial charge in [-0.1, -0.05) is 9.67 Å². The van der Waals surface area contributed by atoms with Gasteiger partial charge in [-0.25, -0.2) is 9.55 Å². The predicted octanol–water partition coefficient (Wildman–Crippen LogP) is -1.58. The number of fused-ring (bicyclic) bond motifs is 2. The summed E-state index contributed by atoms with van der Waals surface area (Å²) in [6.07, 6.45) is 3.42. The Balaban J connectivity index is 1.38. The first kappa shape index (κ1) is 23.7. The van der Waals surface area contributed by atoms with Crippen molar-refractivity contribution in [2.24, 2.45) is 5.16 Å². The van der Waals surface area contributed by atoms with Crippen LogP contribution in [0.3, 0.4) is 0 Å². The van der Waals surface area contributed by atoms with Gasteiger partial charge in [-0.2, -0.15) is 0 Å².